The zero-order valence-corrected chi connectivity index (χ0v) is 18.6. The molecule has 1 aromatic rings. The van der Waals surface area contributed by atoms with Crippen LogP contribution in [-0.4, -0.2) is 67.6 Å². The third-order valence-electron chi connectivity index (χ3n) is 6.59. The second-order valence-electron chi connectivity index (χ2n) is 8.71. The molecular weight excluding hydrogens is 388 g/mol. The van der Waals surface area contributed by atoms with Crippen molar-refractivity contribution < 1.29 is 19.4 Å². The van der Waals surface area contributed by atoms with E-state index in [0.717, 1.165) is 39.0 Å². The molecule has 2 fully saturated rings. The number of anilines is 1. The van der Waals surface area contributed by atoms with Crippen molar-refractivity contribution in [2.45, 2.75) is 58.2 Å². The highest BCUT2D eigenvalue weighted by molar-refractivity contribution is 6.33. The Morgan fingerprint density at radius 1 is 1.14 bits per heavy atom. The van der Waals surface area contributed by atoms with Crippen LogP contribution in [0.1, 0.15) is 40.0 Å². The molecule has 2 aliphatic rings. The van der Waals surface area contributed by atoms with Crippen LogP contribution >= 0.6 is 11.6 Å². The predicted octanol–water partition coefficient (Wildman–Crippen LogP) is 0.240. The molecule has 160 valence electrons. The molecule has 0 unspecified atom stereocenters. The van der Waals surface area contributed by atoms with Gasteiger partial charge in [-0.25, -0.2) is 0 Å². The van der Waals surface area contributed by atoms with Crippen LogP contribution in [0.15, 0.2) is 24.3 Å². The van der Waals surface area contributed by atoms with E-state index in [0.29, 0.717) is 35.2 Å². The second kappa shape index (κ2) is 9.92. The van der Waals surface area contributed by atoms with Crippen LogP contribution in [0.5, 0.6) is 0 Å². The maximum atomic E-state index is 13.1. The van der Waals surface area contributed by atoms with Crippen molar-refractivity contribution >= 4 is 29.1 Å². The first kappa shape index (κ1) is 22.1. The molecule has 29 heavy (non-hydrogen) atoms. The summed E-state index contributed by atoms with van der Waals surface area (Å²) < 4.78 is 0. The summed E-state index contributed by atoms with van der Waals surface area (Å²) in [5, 5.41) is 3.46. The van der Waals surface area contributed by atoms with E-state index in [-0.39, 0.29) is 11.9 Å². The van der Waals surface area contributed by atoms with Gasteiger partial charge in [0.25, 0.3) is 11.8 Å². The van der Waals surface area contributed by atoms with E-state index < -0.39 is 0 Å². The number of benzene rings is 1. The fourth-order valence-corrected chi connectivity index (χ4v) is 4.96. The zero-order valence-electron chi connectivity index (χ0n) is 17.8. The van der Waals surface area contributed by atoms with Gasteiger partial charge in [-0.05, 0) is 52.2 Å². The van der Waals surface area contributed by atoms with Gasteiger partial charge < -0.3 is 20.0 Å². The van der Waals surface area contributed by atoms with Crippen molar-refractivity contribution in [1.82, 2.24) is 4.90 Å². The number of piperazine rings is 1. The molecule has 2 heterocycles. The highest BCUT2D eigenvalue weighted by Gasteiger charge is 2.38. The fourth-order valence-electron chi connectivity index (χ4n) is 4.77. The lowest BCUT2D eigenvalue weighted by Gasteiger charge is -2.42. The summed E-state index contributed by atoms with van der Waals surface area (Å²) in [7, 11) is 0. The SMILES string of the molecule is C[C@@H]1CCC[C@H](C)N1C(=O)[C@@H](C)[NH+]1CC[NH+](CC(=O)Nc2ccccc2Cl)CC1. The first-order valence-electron chi connectivity index (χ1n) is 10.9. The van der Waals surface area contributed by atoms with E-state index in [2.05, 4.69) is 31.0 Å². The Hall–Kier alpha value is -1.63. The van der Waals surface area contributed by atoms with E-state index in [9.17, 15) is 9.59 Å². The number of hydrogen-bond donors (Lipinski definition) is 3. The Morgan fingerprint density at radius 2 is 1.76 bits per heavy atom. The van der Waals surface area contributed by atoms with E-state index in [1.54, 1.807) is 6.07 Å². The summed E-state index contributed by atoms with van der Waals surface area (Å²) in [5.41, 5.74) is 0.659. The van der Waals surface area contributed by atoms with Gasteiger partial charge in [-0.3, -0.25) is 9.59 Å². The molecule has 3 rings (SSSR count). The number of nitrogens with one attached hydrogen (secondary N) is 3. The number of hydrogen-bond acceptors (Lipinski definition) is 2. The van der Waals surface area contributed by atoms with Gasteiger partial charge in [-0.1, -0.05) is 23.7 Å². The van der Waals surface area contributed by atoms with Gasteiger partial charge in [0.05, 0.1) is 10.7 Å². The standard InChI is InChI=1S/C22H33ClN4O2/c1-16-7-6-8-17(2)27(16)22(29)18(3)26-13-11-25(12-14-26)15-21(28)24-20-10-5-4-9-19(20)23/h4-5,9-10,16-18H,6-8,11-15H2,1-3H3,(H,24,28)/p+2/t16-,17+,18-/m1/s1. The molecule has 2 aliphatic heterocycles. The van der Waals surface area contributed by atoms with E-state index in [1.807, 2.05) is 18.2 Å². The van der Waals surface area contributed by atoms with Crippen LogP contribution < -0.4 is 15.1 Å². The largest absolute Gasteiger partial charge is 0.332 e. The Kier molecular flexibility index (Phi) is 7.55. The van der Waals surface area contributed by atoms with Crippen molar-refractivity contribution in [3.63, 3.8) is 0 Å². The maximum Gasteiger partial charge on any atom is 0.281 e. The molecule has 3 atom stereocenters. The van der Waals surface area contributed by atoms with Gasteiger partial charge in [0.1, 0.15) is 26.2 Å². The summed E-state index contributed by atoms with van der Waals surface area (Å²) in [6, 6.07) is 7.96. The molecule has 7 heteroatoms. The molecule has 0 aromatic heterocycles. The summed E-state index contributed by atoms with van der Waals surface area (Å²) in [5.74, 6) is 0.274. The quantitative estimate of drug-likeness (QED) is 0.636. The minimum Gasteiger partial charge on any atom is -0.332 e. The average molecular weight is 423 g/mol. The van der Waals surface area contributed by atoms with Crippen molar-refractivity contribution in [1.29, 1.82) is 0 Å². The van der Waals surface area contributed by atoms with Gasteiger partial charge in [0, 0.05) is 12.1 Å². The van der Waals surface area contributed by atoms with Gasteiger partial charge in [0.2, 0.25) is 0 Å². The van der Waals surface area contributed by atoms with Crippen LogP contribution in [0.4, 0.5) is 5.69 Å². The number of piperidine rings is 1. The number of likely N-dealkylation sites (tertiary alicyclic amines) is 1. The fraction of sp³-hybridized carbons (Fsp3) is 0.636. The number of para-hydroxylation sites is 1. The Morgan fingerprint density at radius 3 is 2.38 bits per heavy atom. The molecule has 0 spiro atoms. The topological polar surface area (TPSA) is 58.3 Å². The number of amides is 2. The number of nitrogens with zero attached hydrogens (tertiary/aromatic N) is 1. The number of quaternary nitrogens is 2. The Balaban J connectivity index is 1.47. The minimum atomic E-state index is -0.0171. The molecule has 0 saturated carbocycles. The Bertz CT molecular complexity index is 711. The highest BCUT2D eigenvalue weighted by Crippen LogP contribution is 2.23. The number of carbonyl (C=O) groups excluding carboxylic acids is 2. The van der Waals surface area contributed by atoms with Crippen molar-refractivity contribution in [3.05, 3.63) is 29.3 Å². The maximum absolute atomic E-state index is 13.1. The van der Waals surface area contributed by atoms with Crippen LogP contribution in [0.3, 0.4) is 0 Å². The highest BCUT2D eigenvalue weighted by atomic mass is 35.5. The van der Waals surface area contributed by atoms with Crippen LogP contribution in [0, 0.1) is 0 Å². The lowest BCUT2D eigenvalue weighted by Crippen LogP contribution is -3.30. The molecular formula is C22H35ClN4O2+2. The molecule has 1 aromatic carbocycles. The average Bonchev–Trinajstić information content (AvgIpc) is 2.69. The summed E-state index contributed by atoms with van der Waals surface area (Å²) in [4.78, 5) is 30.2. The van der Waals surface area contributed by atoms with Crippen LogP contribution in [0.2, 0.25) is 5.02 Å². The third kappa shape index (κ3) is 5.50. The van der Waals surface area contributed by atoms with Gasteiger partial charge in [-0.15, -0.1) is 0 Å². The lowest BCUT2D eigenvalue weighted by atomic mass is 9.96. The van der Waals surface area contributed by atoms with Crippen LogP contribution in [-0.2, 0) is 9.59 Å². The number of halogens is 1. The molecule has 0 bridgehead atoms. The molecule has 0 aliphatic carbocycles. The summed E-state index contributed by atoms with van der Waals surface area (Å²) in [6.07, 6.45) is 3.43. The molecule has 0 radical (unpaired) electrons. The van der Waals surface area contributed by atoms with E-state index in [4.69, 9.17) is 11.6 Å². The second-order valence-corrected chi connectivity index (χ2v) is 9.12. The number of rotatable bonds is 5. The van der Waals surface area contributed by atoms with Crippen LogP contribution in [0.25, 0.3) is 0 Å². The smallest absolute Gasteiger partial charge is 0.281 e. The number of carbonyl (C=O) groups is 2. The monoisotopic (exact) mass is 422 g/mol. The first-order chi connectivity index (χ1) is 13.9. The molecule has 2 amide bonds. The van der Waals surface area contributed by atoms with Gasteiger partial charge >= 0.3 is 0 Å². The molecule has 6 nitrogen and oxygen atoms in total. The van der Waals surface area contributed by atoms with Crippen molar-refractivity contribution in [2.75, 3.05) is 38.0 Å². The molecule has 2 saturated heterocycles. The lowest BCUT2D eigenvalue weighted by molar-refractivity contribution is -1.02. The summed E-state index contributed by atoms with van der Waals surface area (Å²) >= 11 is 6.12. The zero-order chi connectivity index (χ0) is 21.0. The summed E-state index contributed by atoms with van der Waals surface area (Å²) in [6.45, 7) is 10.5. The van der Waals surface area contributed by atoms with E-state index >= 15 is 0 Å². The van der Waals surface area contributed by atoms with Gasteiger partial charge in [0.15, 0.2) is 12.6 Å². The van der Waals surface area contributed by atoms with Gasteiger partial charge in [-0.2, -0.15) is 0 Å². The van der Waals surface area contributed by atoms with Crippen molar-refractivity contribution in [2.24, 2.45) is 0 Å². The Labute approximate surface area is 179 Å². The first-order valence-corrected chi connectivity index (χ1v) is 11.3. The third-order valence-corrected chi connectivity index (χ3v) is 6.92. The minimum absolute atomic E-state index is 0.0170. The molecule has 3 N–H and O–H groups in total. The normalized spacial score (nSPS) is 28.6. The van der Waals surface area contributed by atoms with E-state index in [1.165, 1.54) is 16.2 Å². The van der Waals surface area contributed by atoms with Crippen molar-refractivity contribution in [3.8, 4) is 0 Å². The predicted molar refractivity (Wildman–Crippen MR) is 115 cm³/mol.